The zero-order valence-electron chi connectivity index (χ0n) is 14.0. The maximum absolute atomic E-state index is 12.9. The van der Waals surface area contributed by atoms with Crippen LogP contribution in [0, 0.1) is 13.8 Å². The van der Waals surface area contributed by atoms with Gasteiger partial charge in [-0.3, -0.25) is 4.79 Å². The first-order valence-corrected chi connectivity index (χ1v) is 9.02. The van der Waals surface area contributed by atoms with Gasteiger partial charge in [-0.2, -0.15) is 13.2 Å². The first-order chi connectivity index (χ1) is 12.0. The van der Waals surface area contributed by atoms with Crippen molar-refractivity contribution in [2.45, 2.75) is 24.9 Å². The zero-order chi connectivity index (χ0) is 19.5. The van der Waals surface area contributed by atoms with Crippen LogP contribution in [0.25, 0.3) is 0 Å². The molecule has 9 heteroatoms. The molecule has 0 aromatic heterocycles. The summed E-state index contributed by atoms with van der Waals surface area (Å²) in [4.78, 5) is 11.9. The molecule has 0 unspecified atom stereocenters. The van der Waals surface area contributed by atoms with Crippen molar-refractivity contribution in [2.24, 2.45) is 0 Å². The van der Waals surface area contributed by atoms with Gasteiger partial charge in [0.1, 0.15) is 0 Å². The number of nitrogens with one attached hydrogen (secondary N) is 2. The van der Waals surface area contributed by atoms with Crippen LogP contribution in [0.5, 0.6) is 0 Å². The van der Waals surface area contributed by atoms with E-state index >= 15 is 0 Å². The van der Waals surface area contributed by atoms with Gasteiger partial charge in [0.25, 0.3) is 0 Å². The second kappa shape index (κ2) is 7.46. The van der Waals surface area contributed by atoms with Gasteiger partial charge in [0, 0.05) is 0 Å². The third-order valence-corrected chi connectivity index (χ3v) is 5.11. The summed E-state index contributed by atoms with van der Waals surface area (Å²) in [5, 5.41) is 2.08. The fraction of sp³-hybridized carbons (Fsp3) is 0.235. The Kier molecular flexibility index (Phi) is 5.72. The molecule has 140 valence electrons. The summed E-state index contributed by atoms with van der Waals surface area (Å²) >= 11 is 0. The molecule has 5 nitrogen and oxygen atoms in total. The van der Waals surface area contributed by atoms with Crippen LogP contribution in [0.2, 0.25) is 0 Å². The quantitative estimate of drug-likeness (QED) is 0.828. The summed E-state index contributed by atoms with van der Waals surface area (Å²) in [6.45, 7) is 2.63. The van der Waals surface area contributed by atoms with Crippen LogP contribution in [-0.2, 0) is 21.0 Å². The van der Waals surface area contributed by atoms with Crippen LogP contribution >= 0.6 is 0 Å². The van der Waals surface area contributed by atoms with Gasteiger partial charge in [-0.15, -0.1) is 0 Å². The van der Waals surface area contributed by atoms with Crippen molar-refractivity contribution in [1.82, 2.24) is 4.72 Å². The molecule has 2 N–H and O–H groups in total. The minimum Gasteiger partial charge on any atom is -0.324 e. The van der Waals surface area contributed by atoms with E-state index in [1.807, 2.05) is 0 Å². The number of aryl methyl sites for hydroxylation is 2. The molecular weight excluding hydrogens is 369 g/mol. The van der Waals surface area contributed by atoms with Crippen LogP contribution in [0.3, 0.4) is 0 Å². The molecular formula is C17H17F3N2O3S. The normalized spacial score (nSPS) is 12.0. The Hall–Kier alpha value is -2.39. The van der Waals surface area contributed by atoms with Crippen LogP contribution < -0.4 is 10.0 Å². The van der Waals surface area contributed by atoms with E-state index < -0.39 is 39.9 Å². The number of amides is 1. The van der Waals surface area contributed by atoms with E-state index in [1.54, 1.807) is 26.0 Å². The molecule has 0 saturated heterocycles. The summed E-state index contributed by atoms with van der Waals surface area (Å²) in [6.07, 6.45) is -4.64. The molecule has 0 aliphatic carbocycles. The molecule has 0 radical (unpaired) electrons. The third kappa shape index (κ3) is 4.83. The average molecular weight is 386 g/mol. The van der Waals surface area contributed by atoms with E-state index in [4.69, 9.17) is 0 Å². The van der Waals surface area contributed by atoms with Gasteiger partial charge < -0.3 is 5.32 Å². The van der Waals surface area contributed by atoms with E-state index in [9.17, 15) is 26.4 Å². The van der Waals surface area contributed by atoms with Crippen molar-refractivity contribution >= 4 is 21.6 Å². The lowest BCUT2D eigenvalue weighted by molar-refractivity contribution is -0.137. The minimum atomic E-state index is -4.64. The van der Waals surface area contributed by atoms with Gasteiger partial charge >= 0.3 is 6.18 Å². The topological polar surface area (TPSA) is 75.3 Å². The molecule has 2 rings (SSSR count). The minimum absolute atomic E-state index is 0.0148. The lowest BCUT2D eigenvalue weighted by Gasteiger charge is -2.14. The maximum atomic E-state index is 12.9. The summed E-state index contributed by atoms with van der Waals surface area (Å²) in [5.74, 6) is -0.907. The zero-order valence-corrected chi connectivity index (χ0v) is 14.8. The predicted octanol–water partition coefficient (Wildman–Crippen LogP) is 3.24. The highest BCUT2D eigenvalue weighted by Gasteiger charge is 2.33. The smallest absolute Gasteiger partial charge is 0.324 e. The Balaban J connectivity index is 2.11. The number of alkyl halides is 3. The fourth-order valence-corrected chi connectivity index (χ4v) is 3.58. The Labute approximate surface area is 149 Å². The number of anilines is 1. The highest BCUT2D eigenvalue weighted by molar-refractivity contribution is 7.89. The summed E-state index contributed by atoms with van der Waals surface area (Å²) in [5.41, 5.74) is -0.230. The highest BCUT2D eigenvalue weighted by Crippen LogP contribution is 2.34. The summed E-state index contributed by atoms with van der Waals surface area (Å²) < 4.78 is 65.5. The fourth-order valence-electron chi connectivity index (χ4n) is 2.27. The third-order valence-electron chi connectivity index (χ3n) is 3.56. The number of hydrogen-bond acceptors (Lipinski definition) is 3. The molecule has 0 heterocycles. The van der Waals surface area contributed by atoms with Gasteiger partial charge in [-0.1, -0.05) is 24.3 Å². The van der Waals surface area contributed by atoms with Crippen LogP contribution in [0.4, 0.5) is 18.9 Å². The number of rotatable bonds is 5. The molecule has 0 aliphatic rings. The van der Waals surface area contributed by atoms with Crippen LogP contribution in [0.1, 0.15) is 16.7 Å². The van der Waals surface area contributed by atoms with Crippen molar-refractivity contribution in [1.29, 1.82) is 0 Å². The van der Waals surface area contributed by atoms with E-state index in [0.717, 1.165) is 17.7 Å². The van der Waals surface area contributed by atoms with Crippen molar-refractivity contribution in [2.75, 3.05) is 11.9 Å². The molecule has 0 atom stereocenters. The molecule has 2 aromatic carbocycles. The van der Waals surface area contributed by atoms with Crippen molar-refractivity contribution < 1.29 is 26.4 Å². The number of halogens is 3. The monoisotopic (exact) mass is 386 g/mol. The molecule has 2 aromatic rings. The Bertz CT molecular complexity index is 925. The highest BCUT2D eigenvalue weighted by atomic mass is 32.2. The molecule has 1 amide bonds. The second-order valence-electron chi connectivity index (χ2n) is 5.69. The number of sulfonamides is 1. The predicted molar refractivity (Wildman–Crippen MR) is 91.2 cm³/mol. The first kappa shape index (κ1) is 19.9. The Morgan fingerprint density at radius 3 is 2.38 bits per heavy atom. The Morgan fingerprint density at radius 1 is 1.08 bits per heavy atom. The van der Waals surface area contributed by atoms with Gasteiger partial charge in [0.05, 0.1) is 22.7 Å². The Morgan fingerprint density at radius 2 is 1.73 bits per heavy atom. The molecule has 0 bridgehead atoms. The van der Waals surface area contributed by atoms with E-state index in [2.05, 4.69) is 10.0 Å². The lowest BCUT2D eigenvalue weighted by atomic mass is 10.1. The van der Waals surface area contributed by atoms with Gasteiger partial charge in [0.15, 0.2) is 0 Å². The van der Waals surface area contributed by atoms with E-state index in [-0.39, 0.29) is 4.90 Å². The van der Waals surface area contributed by atoms with E-state index in [0.29, 0.717) is 5.56 Å². The van der Waals surface area contributed by atoms with Gasteiger partial charge in [-0.25, -0.2) is 13.1 Å². The van der Waals surface area contributed by atoms with Crippen molar-refractivity contribution in [3.63, 3.8) is 0 Å². The SMILES string of the molecule is Cc1ccc(C)c(S(=O)(=O)NCC(=O)Nc2ccccc2C(F)(F)F)c1. The van der Waals surface area contributed by atoms with Crippen molar-refractivity contribution in [3.05, 3.63) is 59.2 Å². The van der Waals surface area contributed by atoms with Crippen LogP contribution in [-0.4, -0.2) is 20.9 Å². The number of carbonyl (C=O) groups excluding carboxylic acids is 1. The molecule has 0 aliphatic heterocycles. The molecule has 0 fully saturated rings. The van der Waals surface area contributed by atoms with Crippen molar-refractivity contribution in [3.8, 4) is 0 Å². The first-order valence-electron chi connectivity index (χ1n) is 7.54. The largest absolute Gasteiger partial charge is 0.418 e. The number of benzene rings is 2. The summed E-state index contributed by atoms with van der Waals surface area (Å²) in [6, 6.07) is 9.29. The molecule has 26 heavy (non-hydrogen) atoms. The number of hydrogen-bond donors (Lipinski definition) is 2. The molecule has 0 saturated carbocycles. The second-order valence-corrected chi connectivity index (χ2v) is 7.42. The summed E-state index contributed by atoms with van der Waals surface area (Å²) in [7, 11) is -3.97. The van der Waals surface area contributed by atoms with Gasteiger partial charge in [0.2, 0.25) is 15.9 Å². The molecule has 0 spiro atoms. The number of carbonyl (C=O) groups is 1. The number of para-hydroxylation sites is 1. The standard InChI is InChI=1S/C17H17F3N2O3S/c1-11-7-8-12(2)15(9-11)26(24,25)21-10-16(23)22-14-6-4-3-5-13(14)17(18,19)20/h3-9,21H,10H2,1-2H3,(H,22,23). The average Bonchev–Trinajstić information content (AvgIpc) is 2.55. The van der Waals surface area contributed by atoms with E-state index in [1.165, 1.54) is 18.2 Å². The van der Waals surface area contributed by atoms with Crippen LogP contribution in [0.15, 0.2) is 47.4 Å². The lowest BCUT2D eigenvalue weighted by Crippen LogP contribution is -2.33. The maximum Gasteiger partial charge on any atom is 0.418 e. The van der Waals surface area contributed by atoms with Gasteiger partial charge in [-0.05, 0) is 43.2 Å².